The Morgan fingerprint density at radius 2 is 1.71 bits per heavy atom. The van der Waals surface area contributed by atoms with Crippen LogP contribution in [0.3, 0.4) is 0 Å². The summed E-state index contributed by atoms with van der Waals surface area (Å²) in [6.45, 7) is 8.09. The normalized spacial score (nSPS) is 28.6. The molecule has 1 aromatic carbocycles. The smallest absolute Gasteiger partial charge is 0.282 e. The van der Waals surface area contributed by atoms with E-state index < -0.39 is 10.2 Å². The van der Waals surface area contributed by atoms with E-state index in [1.165, 1.54) is 4.31 Å². The van der Waals surface area contributed by atoms with Crippen molar-refractivity contribution in [2.24, 2.45) is 17.8 Å². The molecule has 0 spiro atoms. The molecule has 1 amide bonds. The van der Waals surface area contributed by atoms with Gasteiger partial charge in [0, 0.05) is 26.2 Å². The lowest BCUT2D eigenvalue weighted by Crippen LogP contribution is -2.53. The summed E-state index contributed by atoms with van der Waals surface area (Å²) in [5.74, 6) is 0.384. The van der Waals surface area contributed by atoms with Gasteiger partial charge >= 0.3 is 0 Å². The molecule has 7 heteroatoms. The number of nitrogens with one attached hydrogen (secondary N) is 1. The lowest BCUT2D eigenvalue weighted by atomic mass is 9.94. The van der Waals surface area contributed by atoms with E-state index in [1.807, 2.05) is 37.3 Å². The number of benzene rings is 1. The molecule has 0 aromatic heterocycles. The largest absolute Gasteiger partial charge is 0.349 e. The zero-order valence-corrected chi connectivity index (χ0v) is 18.0. The maximum absolute atomic E-state index is 13.2. The molecule has 4 atom stereocenters. The molecule has 0 radical (unpaired) electrons. The molecule has 1 N–H and O–H groups in total. The Balaban J connectivity index is 1.63. The lowest BCUT2D eigenvalue weighted by Gasteiger charge is -2.39. The third kappa shape index (κ3) is 4.93. The molecule has 6 nitrogen and oxygen atoms in total. The van der Waals surface area contributed by atoms with E-state index in [9.17, 15) is 13.2 Å². The van der Waals surface area contributed by atoms with Crippen LogP contribution < -0.4 is 5.32 Å². The number of carbonyl (C=O) groups is 1. The van der Waals surface area contributed by atoms with E-state index in [-0.39, 0.29) is 24.4 Å². The molecule has 0 saturated carbocycles. The van der Waals surface area contributed by atoms with Crippen LogP contribution >= 0.6 is 0 Å². The SMILES string of the molecule is C[C@@H]1C[C@H](C)CN(S(=O)(=O)N2CCC[C@@H](C(=O)N[C@H](C)c3ccccc3)C2)C1. The van der Waals surface area contributed by atoms with Crippen LogP contribution in [0.4, 0.5) is 0 Å². The second-order valence-electron chi connectivity index (χ2n) is 8.61. The third-order valence-corrected chi connectivity index (χ3v) is 7.84. The van der Waals surface area contributed by atoms with Crippen LogP contribution in [-0.2, 0) is 15.0 Å². The van der Waals surface area contributed by atoms with Crippen LogP contribution in [0, 0.1) is 17.8 Å². The molecular weight excluding hydrogens is 374 g/mol. The summed E-state index contributed by atoms with van der Waals surface area (Å²) in [5, 5.41) is 3.06. The Morgan fingerprint density at radius 3 is 2.36 bits per heavy atom. The van der Waals surface area contributed by atoms with Crippen LogP contribution in [0.1, 0.15) is 51.6 Å². The first-order valence-corrected chi connectivity index (χ1v) is 11.8. The highest BCUT2D eigenvalue weighted by atomic mass is 32.2. The molecule has 2 aliphatic heterocycles. The van der Waals surface area contributed by atoms with E-state index in [2.05, 4.69) is 19.2 Å². The molecule has 2 saturated heterocycles. The Hall–Kier alpha value is -1.44. The summed E-state index contributed by atoms with van der Waals surface area (Å²) in [6, 6.07) is 9.73. The van der Waals surface area contributed by atoms with Crippen molar-refractivity contribution in [1.29, 1.82) is 0 Å². The molecular formula is C21H33N3O3S. The monoisotopic (exact) mass is 407 g/mol. The summed E-state index contributed by atoms with van der Waals surface area (Å²) in [7, 11) is -3.51. The lowest BCUT2D eigenvalue weighted by molar-refractivity contribution is -0.126. The number of hydrogen-bond donors (Lipinski definition) is 1. The highest BCUT2D eigenvalue weighted by Crippen LogP contribution is 2.27. The number of hydrogen-bond acceptors (Lipinski definition) is 3. The summed E-state index contributed by atoms with van der Waals surface area (Å²) in [6.07, 6.45) is 2.51. The van der Waals surface area contributed by atoms with E-state index >= 15 is 0 Å². The van der Waals surface area contributed by atoms with Gasteiger partial charge in [-0.25, -0.2) is 0 Å². The van der Waals surface area contributed by atoms with Crippen LogP contribution in [-0.4, -0.2) is 49.1 Å². The number of nitrogens with zero attached hydrogens (tertiary/aromatic N) is 2. The maximum Gasteiger partial charge on any atom is 0.282 e. The van der Waals surface area contributed by atoms with Gasteiger partial charge in [-0.2, -0.15) is 17.0 Å². The van der Waals surface area contributed by atoms with Crippen molar-refractivity contribution in [3.8, 4) is 0 Å². The zero-order valence-electron chi connectivity index (χ0n) is 17.2. The van der Waals surface area contributed by atoms with Gasteiger partial charge in [0.05, 0.1) is 12.0 Å². The highest BCUT2D eigenvalue weighted by molar-refractivity contribution is 7.86. The predicted molar refractivity (Wildman–Crippen MR) is 111 cm³/mol. The Morgan fingerprint density at radius 1 is 1.07 bits per heavy atom. The molecule has 0 aliphatic carbocycles. The van der Waals surface area contributed by atoms with Gasteiger partial charge in [0.25, 0.3) is 10.2 Å². The first-order chi connectivity index (χ1) is 13.3. The van der Waals surface area contributed by atoms with Gasteiger partial charge in [-0.15, -0.1) is 0 Å². The molecule has 2 fully saturated rings. The van der Waals surface area contributed by atoms with Crippen LogP contribution in [0.2, 0.25) is 0 Å². The van der Waals surface area contributed by atoms with Crippen molar-refractivity contribution >= 4 is 16.1 Å². The first kappa shape index (κ1) is 21.3. The minimum atomic E-state index is -3.51. The summed E-state index contributed by atoms with van der Waals surface area (Å²) < 4.78 is 29.5. The van der Waals surface area contributed by atoms with Crippen LogP contribution in [0.5, 0.6) is 0 Å². The Bertz CT molecular complexity index is 758. The van der Waals surface area contributed by atoms with Gasteiger partial charge in [0.2, 0.25) is 5.91 Å². The Labute approximate surface area is 169 Å². The van der Waals surface area contributed by atoms with E-state index in [0.717, 1.165) is 24.8 Å². The first-order valence-electron chi connectivity index (χ1n) is 10.4. The fourth-order valence-electron chi connectivity index (χ4n) is 4.48. The molecule has 2 heterocycles. The fraction of sp³-hybridized carbons (Fsp3) is 0.667. The predicted octanol–water partition coefficient (Wildman–Crippen LogP) is 2.80. The number of piperidine rings is 2. The van der Waals surface area contributed by atoms with Crippen molar-refractivity contribution < 1.29 is 13.2 Å². The minimum absolute atomic E-state index is 0.0587. The van der Waals surface area contributed by atoms with Crippen LogP contribution in [0.25, 0.3) is 0 Å². The van der Waals surface area contributed by atoms with Crippen molar-refractivity contribution in [3.63, 3.8) is 0 Å². The molecule has 0 unspecified atom stereocenters. The summed E-state index contributed by atoms with van der Waals surface area (Å²) in [5.41, 5.74) is 1.05. The van der Waals surface area contributed by atoms with E-state index in [1.54, 1.807) is 4.31 Å². The molecule has 28 heavy (non-hydrogen) atoms. The van der Waals surface area contributed by atoms with Crippen molar-refractivity contribution in [3.05, 3.63) is 35.9 Å². The zero-order chi connectivity index (χ0) is 20.3. The second-order valence-corrected chi connectivity index (χ2v) is 10.5. The minimum Gasteiger partial charge on any atom is -0.349 e. The van der Waals surface area contributed by atoms with Gasteiger partial charge in [-0.3, -0.25) is 4.79 Å². The topological polar surface area (TPSA) is 69.7 Å². The van der Waals surface area contributed by atoms with Crippen molar-refractivity contribution in [2.75, 3.05) is 26.2 Å². The van der Waals surface area contributed by atoms with Gasteiger partial charge < -0.3 is 5.32 Å². The van der Waals surface area contributed by atoms with Crippen molar-refractivity contribution in [2.45, 2.75) is 46.1 Å². The third-order valence-electron chi connectivity index (χ3n) is 5.90. The molecule has 0 bridgehead atoms. The molecule has 3 rings (SSSR count). The van der Waals surface area contributed by atoms with Gasteiger partial charge in [0.1, 0.15) is 0 Å². The van der Waals surface area contributed by atoms with Gasteiger partial charge in [-0.05, 0) is 43.6 Å². The van der Waals surface area contributed by atoms with Crippen molar-refractivity contribution in [1.82, 2.24) is 13.9 Å². The Kier molecular flexibility index (Phi) is 6.78. The number of rotatable bonds is 5. The average Bonchev–Trinajstić information content (AvgIpc) is 2.68. The quantitative estimate of drug-likeness (QED) is 0.816. The summed E-state index contributed by atoms with van der Waals surface area (Å²) >= 11 is 0. The molecule has 1 aromatic rings. The second kappa shape index (κ2) is 8.93. The summed E-state index contributed by atoms with van der Waals surface area (Å²) in [4.78, 5) is 12.8. The van der Waals surface area contributed by atoms with E-state index in [0.29, 0.717) is 31.5 Å². The standard InChI is InChI=1S/C21H33N3O3S/c1-16-12-17(2)14-24(13-16)28(26,27)23-11-7-10-20(15-23)21(25)22-18(3)19-8-5-4-6-9-19/h4-6,8-9,16-18,20H,7,10-15H2,1-3H3,(H,22,25)/t16-,17+,18-,20-/m1/s1. The van der Waals surface area contributed by atoms with Gasteiger partial charge in [0.15, 0.2) is 0 Å². The van der Waals surface area contributed by atoms with Gasteiger partial charge in [-0.1, -0.05) is 44.2 Å². The number of carbonyl (C=O) groups excluding carboxylic acids is 1. The average molecular weight is 408 g/mol. The maximum atomic E-state index is 13.2. The fourth-order valence-corrected chi connectivity index (χ4v) is 6.42. The van der Waals surface area contributed by atoms with Crippen LogP contribution in [0.15, 0.2) is 30.3 Å². The van der Waals surface area contributed by atoms with E-state index in [4.69, 9.17) is 0 Å². The molecule has 156 valence electrons. The highest BCUT2D eigenvalue weighted by Gasteiger charge is 2.38. The molecule has 2 aliphatic rings. The number of amides is 1.